The van der Waals surface area contributed by atoms with Gasteiger partial charge in [-0.15, -0.1) is 0 Å². The zero-order valence-electron chi connectivity index (χ0n) is 14.0. The average molecular weight is 356 g/mol. The Hall–Kier alpha value is -2.34. The van der Waals surface area contributed by atoms with Crippen molar-refractivity contribution in [2.75, 3.05) is 6.61 Å². The van der Waals surface area contributed by atoms with Crippen molar-refractivity contribution in [2.45, 2.75) is 31.4 Å². The number of aromatic nitrogens is 1. The van der Waals surface area contributed by atoms with Crippen LogP contribution in [-0.2, 0) is 24.1 Å². The van der Waals surface area contributed by atoms with Gasteiger partial charge in [-0.3, -0.25) is 19.9 Å². The zero-order chi connectivity index (χ0) is 17.6. The normalized spacial score (nSPS) is 16.8. The van der Waals surface area contributed by atoms with E-state index in [0.29, 0.717) is 13.0 Å². The fraction of sp³-hybridized carbons (Fsp3) is 0.316. The Balaban J connectivity index is 1.49. The maximum absolute atomic E-state index is 11.6. The number of benzene rings is 1. The van der Waals surface area contributed by atoms with E-state index in [-0.39, 0.29) is 16.4 Å². The summed E-state index contributed by atoms with van der Waals surface area (Å²) in [6.45, 7) is 2.69. The van der Waals surface area contributed by atoms with Crippen LogP contribution in [0, 0.1) is 0 Å². The summed E-state index contributed by atoms with van der Waals surface area (Å²) in [6.07, 6.45) is 4.14. The van der Waals surface area contributed by atoms with Gasteiger partial charge in [0.15, 0.2) is 0 Å². The molecule has 1 aliphatic rings. The first-order valence-electron chi connectivity index (χ1n) is 8.31. The molecule has 6 heteroatoms. The lowest BCUT2D eigenvalue weighted by atomic mass is 10.1. The summed E-state index contributed by atoms with van der Waals surface area (Å²) in [5.41, 5.74) is 3.32. The molecule has 5 nitrogen and oxygen atoms in total. The Bertz CT molecular complexity index is 762. The lowest BCUT2D eigenvalue weighted by Gasteiger charge is -2.09. The van der Waals surface area contributed by atoms with E-state index in [0.717, 1.165) is 41.6 Å². The lowest BCUT2D eigenvalue weighted by molar-refractivity contribution is -0.118. The molecule has 0 bridgehead atoms. The second-order valence-corrected chi connectivity index (χ2v) is 7.01. The van der Waals surface area contributed by atoms with E-state index in [1.165, 1.54) is 5.56 Å². The number of aryl methyl sites for hydroxylation is 1. The van der Waals surface area contributed by atoms with Gasteiger partial charge < -0.3 is 4.74 Å². The van der Waals surface area contributed by atoms with Gasteiger partial charge in [-0.05, 0) is 48.2 Å². The van der Waals surface area contributed by atoms with Crippen LogP contribution in [0.3, 0.4) is 0 Å². The molecule has 1 saturated heterocycles. The van der Waals surface area contributed by atoms with Crippen LogP contribution in [0.4, 0.5) is 4.79 Å². The molecule has 1 fully saturated rings. The topological polar surface area (TPSA) is 68.3 Å². The highest BCUT2D eigenvalue weighted by Gasteiger charge is 2.31. The molecular formula is C19H20N2O3S. The van der Waals surface area contributed by atoms with Gasteiger partial charge in [0, 0.05) is 18.3 Å². The van der Waals surface area contributed by atoms with Crippen molar-refractivity contribution >= 4 is 22.9 Å². The van der Waals surface area contributed by atoms with E-state index < -0.39 is 0 Å². The number of thioether (sulfide) groups is 1. The zero-order valence-corrected chi connectivity index (χ0v) is 14.8. The lowest BCUT2D eigenvalue weighted by Crippen LogP contribution is -2.25. The van der Waals surface area contributed by atoms with Crippen LogP contribution in [0.1, 0.15) is 23.7 Å². The van der Waals surface area contributed by atoms with Gasteiger partial charge in [-0.2, -0.15) is 0 Å². The van der Waals surface area contributed by atoms with Gasteiger partial charge in [0.2, 0.25) is 5.91 Å². The molecule has 2 amide bonds. The summed E-state index contributed by atoms with van der Waals surface area (Å²) in [5.74, 6) is 0.576. The van der Waals surface area contributed by atoms with Gasteiger partial charge in [0.25, 0.3) is 5.24 Å². The maximum Gasteiger partial charge on any atom is 0.286 e. The number of imide groups is 1. The Kier molecular flexibility index (Phi) is 5.71. The predicted molar refractivity (Wildman–Crippen MR) is 97.9 cm³/mol. The number of amides is 2. The first-order valence-corrected chi connectivity index (χ1v) is 9.19. The van der Waals surface area contributed by atoms with E-state index >= 15 is 0 Å². The Morgan fingerprint density at radius 3 is 2.64 bits per heavy atom. The number of carbonyl (C=O) groups is 2. The van der Waals surface area contributed by atoms with Crippen molar-refractivity contribution in [3.8, 4) is 5.75 Å². The van der Waals surface area contributed by atoms with Crippen LogP contribution >= 0.6 is 11.8 Å². The SMILES string of the molecule is CCc1ccnc(CCOc2ccc(CC3SC(=O)NC3=O)cc2)c1. The maximum atomic E-state index is 11.6. The number of carbonyl (C=O) groups excluding carboxylic acids is 2. The third-order valence-corrected chi connectivity index (χ3v) is 5.01. The number of rotatable bonds is 7. The van der Waals surface area contributed by atoms with Gasteiger partial charge in [-0.25, -0.2) is 0 Å². The van der Waals surface area contributed by atoms with Crippen molar-refractivity contribution in [2.24, 2.45) is 0 Å². The van der Waals surface area contributed by atoms with E-state index in [1.54, 1.807) is 0 Å². The Morgan fingerprint density at radius 1 is 1.16 bits per heavy atom. The average Bonchev–Trinajstić information content (AvgIpc) is 2.94. The second-order valence-electron chi connectivity index (χ2n) is 5.84. The molecule has 1 atom stereocenters. The molecule has 3 rings (SSSR count). The number of nitrogens with zero attached hydrogens (tertiary/aromatic N) is 1. The van der Waals surface area contributed by atoms with Crippen LogP contribution in [0.5, 0.6) is 5.75 Å². The van der Waals surface area contributed by atoms with Gasteiger partial charge in [-0.1, -0.05) is 30.8 Å². The molecule has 1 unspecified atom stereocenters. The first-order chi connectivity index (χ1) is 12.1. The summed E-state index contributed by atoms with van der Waals surface area (Å²) in [7, 11) is 0. The third kappa shape index (κ3) is 4.82. The standard InChI is InChI=1S/C19H20N2O3S/c1-2-13-7-9-20-15(11-13)8-10-24-16-5-3-14(4-6-16)12-17-18(22)21-19(23)25-17/h3-7,9,11,17H,2,8,10,12H2,1H3,(H,21,22,23). The van der Waals surface area contributed by atoms with Crippen LogP contribution in [0.2, 0.25) is 0 Å². The third-order valence-electron chi connectivity index (χ3n) is 4.03. The van der Waals surface area contributed by atoms with Gasteiger partial charge >= 0.3 is 0 Å². The number of hydrogen-bond donors (Lipinski definition) is 1. The Morgan fingerprint density at radius 2 is 1.96 bits per heavy atom. The predicted octanol–water partition coefficient (Wildman–Crippen LogP) is 3.16. The molecule has 1 N–H and O–H groups in total. The number of pyridine rings is 1. The van der Waals surface area contributed by atoms with Crippen LogP contribution in [0.15, 0.2) is 42.6 Å². The minimum absolute atomic E-state index is 0.211. The summed E-state index contributed by atoms with van der Waals surface area (Å²) in [4.78, 5) is 27.1. The minimum Gasteiger partial charge on any atom is -0.493 e. The first kappa shape index (κ1) is 17.5. The molecule has 0 radical (unpaired) electrons. The van der Waals surface area contributed by atoms with Gasteiger partial charge in [0.05, 0.1) is 11.9 Å². The molecule has 25 heavy (non-hydrogen) atoms. The molecule has 0 saturated carbocycles. The molecule has 1 aromatic heterocycles. The van der Waals surface area contributed by atoms with E-state index in [1.807, 2.05) is 36.5 Å². The summed E-state index contributed by atoms with van der Waals surface area (Å²) in [5, 5.41) is 1.70. The van der Waals surface area contributed by atoms with Crippen molar-refractivity contribution in [3.05, 3.63) is 59.4 Å². The smallest absolute Gasteiger partial charge is 0.286 e. The molecule has 1 aromatic carbocycles. The largest absolute Gasteiger partial charge is 0.493 e. The molecular weight excluding hydrogens is 336 g/mol. The minimum atomic E-state index is -0.337. The molecule has 2 aromatic rings. The highest BCUT2D eigenvalue weighted by Crippen LogP contribution is 2.23. The number of nitrogens with one attached hydrogen (secondary N) is 1. The summed E-state index contributed by atoms with van der Waals surface area (Å²) in [6, 6.07) is 11.8. The van der Waals surface area contributed by atoms with E-state index in [2.05, 4.69) is 23.3 Å². The van der Waals surface area contributed by atoms with Crippen molar-refractivity contribution in [3.63, 3.8) is 0 Å². The van der Waals surface area contributed by atoms with Gasteiger partial charge in [0.1, 0.15) is 5.75 Å². The quantitative estimate of drug-likeness (QED) is 0.825. The van der Waals surface area contributed by atoms with E-state index in [4.69, 9.17) is 4.74 Å². The highest BCUT2D eigenvalue weighted by atomic mass is 32.2. The monoisotopic (exact) mass is 356 g/mol. The summed E-state index contributed by atoms with van der Waals surface area (Å²) >= 11 is 1.05. The van der Waals surface area contributed by atoms with Crippen LogP contribution in [-0.4, -0.2) is 28.0 Å². The summed E-state index contributed by atoms with van der Waals surface area (Å²) < 4.78 is 5.77. The highest BCUT2D eigenvalue weighted by molar-refractivity contribution is 8.15. The van der Waals surface area contributed by atoms with Crippen molar-refractivity contribution in [1.82, 2.24) is 10.3 Å². The van der Waals surface area contributed by atoms with Crippen molar-refractivity contribution in [1.29, 1.82) is 0 Å². The Labute approximate surface area is 151 Å². The fourth-order valence-electron chi connectivity index (χ4n) is 2.62. The molecule has 2 heterocycles. The van der Waals surface area contributed by atoms with Crippen LogP contribution in [0.25, 0.3) is 0 Å². The molecule has 130 valence electrons. The molecule has 1 aliphatic heterocycles. The number of hydrogen-bond acceptors (Lipinski definition) is 5. The second kappa shape index (κ2) is 8.16. The van der Waals surface area contributed by atoms with E-state index in [9.17, 15) is 9.59 Å². The van der Waals surface area contributed by atoms with Crippen LogP contribution < -0.4 is 10.1 Å². The fourth-order valence-corrected chi connectivity index (χ4v) is 3.48. The number of ether oxygens (including phenoxy) is 1. The van der Waals surface area contributed by atoms with Crippen molar-refractivity contribution < 1.29 is 14.3 Å². The molecule has 0 spiro atoms. The molecule has 0 aliphatic carbocycles.